The van der Waals surface area contributed by atoms with E-state index in [9.17, 15) is 22.4 Å². The molecule has 0 saturated carbocycles. The number of benzene rings is 1. The molecule has 0 aliphatic carbocycles. The quantitative estimate of drug-likeness (QED) is 0.466. The third-order valence-electron chi connectivity index (χ3n) is 5.53. The van der Waals surface area contributed by atoms with Crippen molar-refractivity contribution in [1.82, 2.24) is 14.9 Å². The fourth-order valence-corrected chi connectivity index (χ4v) is 4.71. The molecule has 0 spiro atoms. The van der Waals surface area contributed by atoms with E-state index in [0.717, 1.165) is 37.1 Å². The lowest BCUT2D eigenvalue weighted by Crippen LogP contribution is -2.52. The molecule has 2 amide bonds. The Morgan fingerprint density at radius 1 is 1.24 bits per heavy atom. The summed E-state index contributed by atoms with van der Waals surface area (Å²) in [7, 11) is -4.05. The molecule has 11 heteroatoms. The number of hydrogen-bond donors (Lipinski definition) is 2. The van der Waals surface area contributed by atoms with Gasteiger partial charge in [0, 0.05) is 13.2 Å². The Labute approximate surface area is 198 Å². The number of hydrogen-bond acceptors (Lipinski definition) is 6. The number of nitrogens with zero attached hydrogens (tertiary/aromatic N) is 1. The Hall–Kier alpha value is -2.76. The smallest absolute Gasteiger partial charge is 0.242 e. The number of halogens is 1. The van der Waals surface area contributed by atoms with Crippen LogP contribution < -0.4 is 10.0 Å². The second-order valence-corrected chi connectivity index (χ2v) is 9.83. The number of carbonyl (C=O) groups is 2. The minimum absolute atomic E-state index is 0.00211. The molecule has 1 fully saturated rings. The van der Waals surface area contributed by atoms with Gasteiger partial charge < -0.3 is 19.4 Å². The maximum Gasteiger partial charge on any atom is 0.242 e. The van der Waals surface area contributed by atoms with Crippen LogP contribution in [-0.2, 0) is 30.9 Å². The Balaban J connectivity index is 1.73. The van der Waals surface area contributed by atoms with Crippen LogP contribution in [0.15, 0.2) is 52.0 Å². The van der Waals surface area contributed by atoms with E-state index in [1.165, 1.54) is 11.2 Å². The van der Waals surface area contributed by atoms with Crippen molar-refractivity contribution in [2.24, 2.45) is 0 Å². The SMILES string of the molecule is CCC[C@@H](C(=O)NC[C@@H]1CCCO1)N(Cc1ccco1)C(=O)CNS(=O)(=O)c1ccc(F)cc1. The highest BCUT2D eigenvalue weighted by Crippen LogP contribution is 2.16. The number of carbonyl (C=O) groups excluding carboxylic acids is 2. The summed E-state index contributed by atoms with van der Waals surface area (Å²) in [6.45, 7) is 2.34. The normalized spacial score (nSPS) is 16.8. The van der Waals surface area contributed by atoms with E-state index in [1.807, 2.05) is 6.92 Å². The van der Waals surface area contributed by atoms with Crippen LogP contribution in [0.2, 0.25) is 0 Å². The monoisotopic (exact) mass is 495 g/mol. The van der Waals surface area contributed by atoms with E-state index in [1.54, 1.807) is 12.1 Å². The molecule has 1 aromatic heterocycles. The molecule has 186 valence electrons. The first-order valence-corrected chi connectivity index (χ1v) is 12.7. The molecule has 1 aliphatic heterocycles. The molecule has 2 aromatic rings. The molecule has 0 radical (unpaired) electrons. The van der Waals surface area contributed by atoms with Crippen molar-refractivity contribution < 1.29 is 31.6 Å². The topological polar surface area (TPSA) is 118 Å². The second kappa shape index (κ2) is 12.1. The molecule has 0 bridgehead atoms. The van der Waals surface area contributed by atoms with Gasteiger partial charge in [0.05, 0.1) is 30.4 Å². The van der Waals surface area contributed by atoms with Crippen molar-refractivity contribution in [3.8, 4) is 0 Å². The zero-order valence-electron chi connectivity index (χ0n) is 19.0. The van der Waals surface area contributed by atoms with Crippen LogP contribution in [0, 0.1) is 5.82 Å². The predicted molar refractivity (Wildman–Crippen MR) is 122 cm³/mol. The number of nitrogens with one attached hydrogen (secondary N) is 2. The van der Waals surface area contributed by atoms with Gasteiger partial charge in [-0.2, -0.15) is 0 Å². The highest BCUT2D eigenvalue weighted by molar-refractivity contribution is 7.89. The molecule has 1 aromatic carbocycles. The van der Waals surface area contributed by atoms with Gasteiger partial charge in [-0.05, 0) is 55.7 Å². The molecular formula is C23H30FN3O6S. The van der Waals surface area contributed by atoms with Gasteiger partial charge in [-0.15, -0.1) is 0 Å². The lowest BCUT2D eigenvalue weighted by molar-refractivity contribution is -0.141. The van der Waals surface area contributed by atoms with Gasteiger partial charge in [-0.3, -0.25) is 9.59 Å². The Kier molecular flexibility index (Phi) is 9.20. The van der Waals surface area contributed by atoms with Crippen molar-refractivity contribution in [3.63, 3.8) is 0 Å². The van der Waals surface area contributed by atoms with Crippen molar-refractivity contribution >= 4 is 21.8 Å². The van der Waals surface area contributed by atoms with Crippen LogP contribution in [0.4, 0.5) is 4.39 Å². The highest BCUT2D eigenvalue weighted by atomic mass is 32.2. The molecule has 2 heterocycles. The van der Waals surface area contributed by atoms with Gasteiger partial charge in [-0.25, -0.2) is 17.5 Å². The van der Waals surface area contributed by atoms with E-state index < -0.39 is 34.3 Å². The Morgan fingerprint density at radius 3 is 2.62 bits per heavy atom. The largest absolute Gasteiger partial charge is 0.467 e. The fourth-order valence-electron chi connectivity index (χ4n) is 3.74. The van der Waals surface area contributed by atoms with E-state index in [2.05, 4.69) is 10.0 Å². The number of furan rings is 1. The van der Waals surface area contributed by atoms with Crippen LogP contribution in [0.3, 0.4) is 0 Å². The maximum absolute atomic E-state index is 13.2. The van der Waals surface area contributed by atoms with Crippen molar-refractivity contribution in [2.75, 3.05) is 19.7 Å². The Morgan fingerprint density at radius 2 is 2.00 bits per heavy atom. The highest BCUT2D eigenvalue weighted by Gasteiger charge is 2.31. The average Bonchev–Trinajstić information content (AvgIpc) is 3.53. The summed E-state index contributed by atoms with van der Waals surface area (Å²) in [5, 5.41) is 2.87. The molecule has 9 nitrogen and oxygen atoms in total. The van der Waals surface area contributed by atoms with E-state index in [0.29, 0.717) is 31.8 Å². The molecule has 1 aliphatic rings. The lowest BCUT2D eigenvalue weighted by Gasteiger charge is -2.30. The van der Waals surface area contributed by atoms with Crippen LogP contribution >= 0.6 is 0 Å². The standard InChI is InChI=1S/C23H30FN3O6S/c1-2-5-21(23(29)25-14-18-6-3-12-32-18)27(16-19-7-4-13-33-19)22(28)15-26-34(30,31)20-10-8-17(24)9-11-20/h4,7-11,13,18,21,26H,2-3,5-6,12,14-16H2,1H3,(H,25,29)/t18-,21-/m0/s1. The molecule has 34 heavy (non-hydrogen) atoms. The van der Waals surface area contributed by atoms with Crippen LogP contribution in [0.1, 0.15) is 38.4 Å². The number of ether oxygens (including phenoxy) is 1. The van der Waals surface area contributed by atoms with Gasteiger partial charge in [-0.1, -0.05) is 13.3 Å². The number of amides is 2. The third kappa shape index (κ3) is 7.12. The Bertz CT molecular complexity index is 1040. The van der Waals surface area contributed by atoms with Crippen LogP contribution in [-0.4, -0.2) is 57.0 Å². The third-order valence-corrected chi connectivity index (χ3v) is 6.95. The summed E-state index contributed by atoms with van der Waals surface area (Å²) >= 11 is 0. The lowest BCUT2D eigenvalue weighted by atomic mass is 10.1. The van der Waals surface area contributed by atoms with Gasteiger partial charge in [0.25, 0.3) is 0 Å². The summed E-state index contributed by atoms with van der Waals surface area (Å²) in [6.07, 6.45) is 4.22. The molecule has 0 unspecified atom stereocenters. The summed E-state index contributed by atoms with van der Waals surface area (Å²) in [6, 6.07) is 6.80. The minimum Gasteiger partial charge on any atom is -0.467 e. The van der Waals surface area contributed by atoms with E-state index in [-0.39, 0.29) is 23.5 Å². The van der Waals surface area contributed by atoms with Crippen LogP contribution in [0.5, 0.6) is 0 Å². The van der Waals surface area contributed by atoms with Gasteiger partial charge in [0.1, 0.15) is 17.6 Å². The van der Waals surface area contributed by atoms with E-state index >= 15 is 0 Å². The predicted octanol–water partition coefficient (Wildman–Crippen LogP) is 2.19. The van der Waals surface area contributed by atoms with Crippen molar-refractivity contribution in [2.45, 2.75) is 56.2 Å². The van der Waals surface area contributed by atoms with Crippen LogP contribution in [0.25, 0.3) is 0 Å². The van der Waals surface area contributed by atoms with E-state index in [4.69, 9.17) is 9.15 Å². The first-order chi connectivity index (χ1) is 16.3. The van der Waals surface area contributed by atoms with Gasteiger partial charge in [0.15, 0.2) is 0 Å². The molecular weight excluding hydrogens is 465 g/mol. The number of sulfonamides is 1. The molecule has 2 N–H and O–H groups in total. The minimum atomic E-state index is -4.05. The second-order valence-electron chi connectivity index (χ2n) is 8.06. The summed E-state index contributed by atoms with van der Waals surface area (Å²) in [5.41, 5.74) is 0. The summed E-state index contributed by atoms with van der Waals surface area (Å²) in [4.78, 5) is 27.4. The molecule has 3 rings (SSSR count). The van der Waals surface area contributed by atoms with Gasteiger partial charge >= 0.3 is 0 Å². The summed E-state index contributed by atoms with van der Waals surface area (Å²) < 4.78 is 51.4. The number of rotatable bonds is 12. The van der Waals surface area contributed by atoms with Crippen molar-refractivity contribution in [3.05, 3.63) is 54.2 Å². The zero-order chi connectivity index (χ0) is 24.6. The fraction of sp³-hybridized carbons (Fsp3) is 0.478. The first kappa shape index (κ1) is 25.9. The molecule has 2 atom stereocenters. The average molecular weight is 496 g/mol. The summed E-state index contributed by atoms with van der Waals surface area (Å²) in [5.74, 6) is -1.04. The zero-order valence-corrected chi connectivity index (χ0v) is 19.9. The molecule has 1 saturated heterocycles. The van der Waals surface area contributed by atoms with Gasteiger partial charge in [0.2, 0.25) is 21.8 Å². The van der Waals surface area contributed by atoms with Crippen molar-refractivity contribution in [1.29, 1.82) is 0 Å². The maximum atomic E-state index is 13.2. The first-order valence-electron chi connectivity index (χ1n) is 11.3.